The number of benzene rings is 1. The number of nitrogens with one attached hydrogen (secondary N) is 1. The Morgan fingerprint density at radius 3 is 2.67 bits per heavy atom. The quantitative estimate of drug-likeness (QED) is 0.585. The molecule has 0 unspecified atom stereocenters. The van der Waals surface area contributed by atoms with Crippen molar-refractivity contribution in [2.45, 2.75) is 52.3 Å². The van der Waals surface area contributed by atoms with Crippen LogP contribution < -0.4 is 5.32 Å². The molecule has 1 aliphatic heterocycles. The number of pyridine rings is 1. The Morgan fingerprint density at radius 2 is 2.00 bits per heavy atom. The zero-order chi connectivity index (χ0) is 23.9. The molecule has 3 aromatic rings. The number of hydrogen-bond donors (Lipinski definition) is 1. The van der Waals surface area contributed by atoms with E-state index in [0.29, 0.717) is 41.3 Å². The van der Waals surface area contributed by atoms with E-state index in [4.69, 9.17) is 0 Å². The smallest absolute Gasteiger partial charge is 0.363 e. The summed E-state index contributed by atoms with van der Waals surface area (Å²) < 4.78 is 40.1. The summed E-state index contributed by atoms with van der Waals surface area (Å²) in [4.78, 5) is 27.0. The van der Waals surface area contributed by atoms with Crippen LogP contribution in [0.4, 0.5) is 19.0 Å². The van der Waals surface area contributed by atoms with Crippen molar-refractivity contribution in [1.29, 1.82) is 0 Å². The molecule has 3 heterocycles. The van der Waals surface area contributed by atoms with Crippen LogP contribution in [0.1, 0.15) is 60.3 Å². The summed E-state index contributed by atoms with van der Waals surface area (Å²) in [6.07, 6.45) is -1.78. The molecule has 0 saturated carbocycles. The maximum Gasteiger partial charge on any atom is 0.416 e. The van der Waals surface area contributed by atoms with Crippen molar-refractivity contribution < 1.29 is 18.0 Å². The van der Waals surface area contributed by atoms with Gasteiger partial charge in [0.05, 0.1) is 17.0 Å². The van der Waals surface area contributed by atoms with Crippen LogP contribution in [-0.2, 0) is 11.0 Å². The number of hydrogen-bond acceptors (Lipinski definition) is 5. The van der Waals surface area contributed by atoms with Crippen molar-refractivity contribution in [3.8, 4) is 0 Å². The van der Waals surface area contributed by atoms with Crippen LogP contribution in [0.5, 0.6) is 0 Å². The predicted octanol–water partition coefficient (Wildman–Crippen LogP) is 5.17. The number of carbonyl (C=O) groups excluding carboxylic acids is 1. The molecule has 1 N–H and O–H groups in total. The van der Waals surface area contributed by atoms with Crippen LogP contribution in [0.25, 0.3) is 11.0 Å². The maximum absolute atomic E-state index is 13.4. The molecule has 0 spiro atoms. The largest absolute Gasteiger partial charge is 0.416 e. The molecule has 4 rings (SSSR count). The SMILES string of the molecule is CC(=O)N1CC[C@H](c2cnc3nc(C)nc(N[C@H](C)c4cccc(C(F)(F)F)c4C)c3c2)C1. The monoisotopic (exact) mass is 457 g/mol. The van der Waals surface area contributed by atoms with Gasteiger partial charge in [0, 0.05) is 32.1 Å². The third kappa shape index (κ3) is 4.62. The number of amides is 1. The zero-order valence-corrected chi connectivity index (χ0v) is 19.0. The minimum absolute atomic E-state index is 0.0536. The number of rotatable bonds is 4. The summed E-state index contributed by atoms with van der Waals surface area (Å²) in [5, 5.41) is 3.99. The van der Waals surface area contributed by atoms with E-state index in [9.17, 15) is 18.0 Å². The third-order valence-electron chi connectivity index (χ3n) is 6.29. The van der Waals surface area contributed by atoms with Gasteiger partial charge in [0.2, 0.25) is 5.91 Å². The number of likely N-dealkylation sites (tertiary alicyclic amines) is 1. The molecule has 2 aromatic heterocycles. The van der Waals surface area contributed by atoms with Gasteiger partial charge in [-0.1, -0.05) is 12.1 Å². The topological polar surface area (TPSA) is 71.0 Å². The summed E-state index contributed by atoms with van der Waals surface area (Å²) in [7, 11) is 0. The fourth-order valence-electron chi connectivity index (χ4n) is 4.50. The Labute approximate surface area is 190 Å². The van der Waals surface area contributed by atoms with Gasteiger partial charge in [-0.3, -0.25) is 4.79 Å². The first-order valence-corrected chi connectivity index (χ1v) is 10.9. The second-order valence-electron chi connectivity index (χ2n) is 8.59. The Bertz CT molecular complexity index is 1210. The van der Waals surface area contributed by atoms with Crippen LogP contribution in [0.2, 0.25) is 0 Å². The highest BCUT2D eigenvalue weighted by Gasteiger charge is 2.33. The van der Waals surface area contributed by atoms with Crippen molar-refractivity contribution in [2.24, 2.45) is 0 Å². The first-order chi connectivity index (χ1) is 15.5. The summed E-state index contributed by atoms with van der Waals surface area (Å²) in [5.41, 5.74) is 1.60. The number of anilines is 1. The number of nitrogens with zero attached hydrogens (tertiary/aromatic N) is 4. The lowest BCUT2D eigenvalue weighted by molar-refractivity contribution is -0.138. The van der Waals surface area contributed by atoms with Crippen molar-refractivity contribution >= 4 is 22.8 Å². The van der Waals surface area contributed by atoms with Gasteiger partial charge in [-0.15, -0.1) is 0 Å². The fourth-order valence-corrected chi connectivity index (χ4v) is 4.50. The van der Waals surface area contributed by atoms with Gasteiger partial charge in [0.25, 0.3) is 0 Å². The van der Waals surface area contributed by atoms with Crippen LogP contribution in [0.3, 0.4) is 0 Å². The Morgan fingerprint density at radius 1 is 1.24 bits per heavy atom. The third-order valence-corrected chi connectivity index (χ3v) is 6.29. The predicted molar refractivity (Wildman–Crippen MR) is 120 cm³/mol. The van der Waals surface area contributed by atoms with Gasteiger partial charge < -0.3 is 10.2 Å². The minimum Gasteiger partial charge on any atom is -0.363 e. The van der Waals surface area contributed by atoms with E-state index in [1.54, 1.807) is 26.1 Å². The van der Waals surface area contributed by atoms with Gasteiger partial charge in [-0.2, -0.15) is 13.2 Å². The van der Waals surface area contributed by atoms with Gasteiger partial charge in [0.1, 0.15) is 11.6 Å². The van der Waals surface area contributed by atoms with E-state index in [2.05, 4.69) is 20.3 Å². The second-order valence-corrected chi connectivity index (χ2v) is 8.59. The van der Waals surface area contributed by atoms with Gasteiger partial charge >= 0.3 is 6.18 Å². The van der Waals surface area contributed by atoms with Gasteiger partial charge in [-0.05, 0) is 56.0 Å². The standard InChI is InChI=1S/C24H26F3N5O/c1-13-19(6-5-7-21(13)24(25,26)27)14(2)29-23-20-10-18(11-28-22(20)30-15(3)31-23)17-8-9-32(12-17)16(4)33/h5-7,10-11,14,17H,8-9,12H2,1-4H3,(H,28,29,30,31)/t14-,17+/m1/s1. The van der Waals surface area contributed by atoms with Gasteiger partial charge in [0.15, 0.2) is 5.65 Å². The number of carbonyl (C=O) groups is 1. The Balaban J connectivity index is 1.68. The summed E-state index contributed by atoms with van der Waals surface area (Å²) in [6, 6.07) is 5.76. The first kappa shape index (κ1) is 22.9. The summed E-state index contributed by atoms with van der Waals surface area (Å²) in [6.45, 7) is 7.96. The van der Waals surface area contributed by atoms with E-state index in [1.165, 1.54) is 13.0 Å². The van der Waals surface area contributed by atoms with Crippen molar-refractivity contribution in [3.63, 3.8) is 0 Å². The van der Waals surface area contributed by atoms with Crippen molar-refractivity contribution in [2.75, 3.05) is 18.4 Å². The Kier molecular flexibility index (Phi) is 5.99. The van der Waals surface area contributed by atoms with Crippen LogP contribution in [-0.4, -0.2) is 38.8 Å². The van der Waals surface area contributed by atoms with E-state index in [-0.39, 0.29) is 17.4 Å². The molecule has 6 nitrogen and oxygen atoms in total. The van der Waals surface area contributed by atoms with Crippen molar-refractivity contribution in [3.05, 3.63) is 58.5 Å². The molecular formula is C24H26F3N5O. The normalized spacial score (nSPS) is 17.4. The van der Waals surface area contributed by atoms with Crippen molar-refractivity contribution in [1.82, 2.24) is 19.9 Å². The molecule has 0 radical (unpaired) electrons. The minimum atomic E-state index is -4.41. The molecule has 0 aliphatic carbocycles. The summed E-state index contributed by atoms with van der Waals surface area (Å²) >= 11 is 0. The average molecular weight is 458 g/mol. The molecule has 174 valence electrons. The van der Waals surface area contributed by atoms with Crippen LogP contribution in [0.15, 0.2) is 30.5 Å². The number of fused-ring (bicyclic) bond motifs is 1. The number of aryl methyl sites for hydroxylation is 1. The molecule has 33 heavy (non-hydrogen) atoms. The Hall–Kier alpha value is -3.23. The fraction of sp³-hybridized carbons (Fsp3) is 0.417. The maximum atomic E-state index is 13.4. The van der Waals surface area contributed by atoms with E-state index >= 15 is 0 Å². The molecular weight excluding hydrogens is 431 g/mol. The molecule has 2 atom stereocenters. The van der Waals surface area contributed by atoms with E-state index in [0.717, 1.165) is 18.1 Å². The molecule has 9 heteroatoms. The number of halogens is 3. The molecule has 1 aromatic carbocycles. The van der Waals surface area contributed by atoms with E-state index < -0.39 is 17.8 Å². The molecule has 1 amide bonds. The summed E-state index contributed by atoms with van der Waals surface area (Å²) in [5.74, 6) is 1.26. The first-order valence-electron chi connectivity index (χ1n) is 10.9. The second kappa shape index (κ2) is 8.61. The van der Waals surface area contributed by atoms with Gasteiger partial charge in [-0.25, -0.2) is 15.0 Å². The highest BCUT2D eigenvalue weighted by molar-refractivity contribution is 5.87. The number of aromatic nitrogens is 3. The zero-order valence-electron chi connectivity index (χ0n) is 19.0. The molecule has 1 aliphatic rings. The van der Waals surface area contributed by atoms with Crippen LogP contribution in [0, 0.1) is 13.8 Å². The number of alkyl halides is 3. The lowest BCUT2D eigenvalue weighted by Gasteiger charge is -2.21. The molecule has 0 bridgehead atoms. The highest BCUT2D eigenvalue weighted by atomic mass is 19.4. The lowest BCUT2D eigenvalue weighted by Crippen LogP contribution is -2.25. The molecule has 1 fully saturated rings. The van der Waals surface area contributed by atoms with E-state index in [1.807, 2.05) is 17.9 Å². The highest BCUT2D eigenvalue weighted by Crippen LogP contribution is 2.36. The molecule has 1 saturated heterocycles. The van der Waals surface area contributed by atoms with Crippen LogP contribution >= 0.6 is 0 Å². The lowest BCUT2D eigenvalue weighted by atomic mass is 9.97. The average Bonchev–Trinajstić information content (AvgIpc) is 3.23.